The van der Waals surface area contributed by atoms with Crippen molar-refractivity contribution in [1.82, 2.24) is 20.2 Å². The Bertz CT molecular complexity index is 930. The summed E-state index contributed by atoms with van der Waals surface area (Å²) in [5, 5.41) is 9.73. The molecule has 2 fully saturated rings. The first-order valence-electron chi connectivity index (χ1n) is 12.2. The smallest absolute Gasteiger partial charge is 0.256 e. The van der Waals surface area contributed by atoms with E-state index in [0.29, 0.717) is 49.4 Å². The summed E-state index contributed by atoms with van der Waals surface area (Å²) in [6.07, 6.45) is 9.37. The number of nitrogens with one attached hydrogen (secondary N) is 3. The number of amides is 2. The fraction of sp³-hybridized carbons (Fsp3) is 0.520. The van der Waals surface area contributed by atoms with Crippen LogP contribution in [-0.2, 0) is 11.2 Å². The van der Waals surface area contributed by atoms with Crippen molar-refractivity contribution in [3.05, 3.63) is 47.7 Å². The summed E-state index contributed by atoms with van der Waals surface area (Å²) in [6, 6.07) is 10.6. The lowest BCUT2D eigenvalue weighted by Crippen LogP contribution is -2.31. The second kappa shape index (κ2) is 11.6. The predicted molar refractivity (Wildman–Crippen MR) is 129 cm³/mol. The Morgan fingerprint density at radius 2 is 1.91 bits per heavy atom. The molecule has 0 unspecified atom stereocenters. The SMILES string of the molecule is O=C(NCCCN1CCCC1=O)c1cnc(NCCc2ccccc2)nc1NC1CCCC1. The molecule has 1 aromatic carbocycles. The van der Waals surface area contributed by atoms with Crippen LogP contribution < -0.4 is 16.0 Å². The molecule has 176 valence electrons. The number of aromatic nitrogens is 2. The Labute approximate surface area is 195 Å². The number of likely N-dealkylation sites (tertiary alicyclic amines) is 1. The van der Waals surface area contributed by atoms with E-state index in [2.05, 4.69) is 38.1 Å². The maximum Gasteiger partial charge on any atom is 0.256 e. The van der Waals surface area contributed by atoms with Crippen LogP contribution in [0.4, 0.5) is 11.8 Å². The van der Waals surface area contributed by atoms with Gasteiger partial charge in [0.1, 0.15) is 11.4 Å². The Kier molecular flexibility index (Phi) is 8.11. The number of rotatable bonds is 11. The van der Waals surface area contributed by atoms with Crippen molar-refractivity contribution in [2.24, 2.45) is 0 Å². The van der Waals surface area contributed by atoms with Crippen LogP contribution >= 0.6 is 0 Å². The maximum atomic E-state index is 12.9. The Hall–Kier alpha value is -3.16. The van der Waals surface area contributed by atoms with Gasteiger partial charge in [-0.25, -0.2) is 4.98 Å². The molecular formula is C25H34N6O2. The second-order valence-electron chi connectivity index (χ2n) is 8.84. The van der Waals surface area contributed by atoms with Crippen LogP contribution in [0.5, 0.6) is 0 Å². The van der Waals surface area contributed by atoms with Crippen LogP contribution in [0.15, 0.2) is 36.5 Å². The van der Waals surface area contributed by atoms with Crippen molar-refractivity contribution in [3.63, 3.8) is 0 Å². The number of hydrogen-bond donors (Lipinski definition) is 3. The predicted octanol–water partition coefficient (Wildman–Crippen LogP) is 3.23. The van der Waals surface area contributed by atoms with Crippen LogP contribution in [0, 0.1) is 0 Å². The average molecular weight is 451 g/mol. The van der Waals surface area contributed by atoms with Crippen molar-refractivity contribution in [2.45, 2.75) is 57.4 Å². The van der Waals surface area contributed by atoms with Gasteiger partial charge in [0, 0.05) is 44.8 Å². The van der Waals surface area contributed by atoms with Crippen molar-refractivity contribution in [3.8, 4) is 0 Å². The number of benzene rings is 1. The molecule has 1 aromatic heterocycles. The molecule has 3 N–H and O–H groups in total. The van der Waals surface area contributed by atoms with E-state index >= 15 is 0 Å². The zero-order valence-corrected chi connectivity index (χ0v) is 19.2. The minimum atomic E-state index is -0.181. The fourth-order valence-corrected chi connectivity index (χ4v) is 4.48. The molecule has 8 nitrogen and oxygen atoms in total. The second-order valence-corrected chi connectivity index (χ2v) is 8.84. The van der Waals surface area contributed by atoms with Crippen LogP contribution in [0.1, 0.15) is 60.9 Å². The molecule has 0 atom stereocenters. The third-order valence-electron chi connectivity index (χ3n) is 6.33. The van der Waals surface area contributed by atoms with Crippen molar-refractivity contribution >= 4 is 23.6 Å². The molecule has 2 heterocycles. The highest BCUT2D eigenvalue weighted by Crippen LogP contribution is 2.24. The minimum absolute atomic E-state index is 0.181. The van der Waals surface area contributed by atoms with Crippen LogP contribution in [0.3, 0.4) is 0 Å². The van der Waals surface area contributed by atoms with Gasteiger partial charge in [-0.15, -0.1) is 0 Å². The molecule has 0 spiro atoms. The van der Waals surface area contributed by atoms with Gasteiger partial charge in [0.2, 0.25) is 11.9 Å². The Morgan fingerprint density at radius 3 is 2.67 bits per heavy atom. The first-order chi connectivity index (χ1) is 16.2. The van der Waals surface area contributed by atoms with Gasteiger partial charge in [-0.3, -0.25) is 9.59 Å². The normalized spacial score (nSPS) is 16.2. The van der Waals surface area contributed by atoms with Gasteiger partial charge in [0.05, 0.1) is 0 Å². The van der Waals surface area contributed by atoms with Gasteiger partial charge in [-0.1, -0.05) is 43.2 Å². The summed E-state index contributed by atoms with van der Waals surface area (Å²) < 4.78 is 0. The van der Waals surface area contributed by atoms with Crippen molar-refractivity contribution < 1.29 is 9.59 Å². The van der Waals surface area contributed by atoms with E-state index in [1.807, 2.05) is 23.1 Å². The summed E-state index contributed by atoms with van der Waals surface area (Å²) in [6.45, 7) is 2.75. The molecule has 1 saturated heterocycles. The number of nitrogens with zero attached hydrogens (tertiary/aromatic N) is 3. The lowest BCUT2D eigenvalue weighted by molar-refractivity contribution is -0.127. The lowest BCUT2D eigenvalue weighted by atomic mass is 10.1. The Balaban J connectivity index is 1.34. The number of carbonyl (C=O) groups is 2. The summed E-state index contributed by atoms with van der Waals surface area (Å²) in [7, 11) is 0. The highest BCUT2D eigenvalue weighted by molar-refractivity contribution is 5.98. The maximum absolute atomic E-state index is 12.9. The molecule has 0 bridgehead atoms. The first kappa shape index (κ1) is 23.0. The lowest BCUT2D eigenvalue weighted by Gasteiger charge is -2.18. The molecule has 1 aliphatic carbocycles. The minimum Gasteiger partial charge on any atom is -0.367 e. The van der Waals surface area contributed by atoms with E-state index in [1.54, 1.807) is 6.20 Å². The molecule has 0 radical (unpaired) electrons. The van der Waals surface area contributed by atoms with Gasteiger partial charge in [0.25, 0.3) is 5.91 Å². The zero-order chi connectivity index (χ0) is 22.9. The number of hydrogen-bond acceptors (Lipinski definition) is 6. The third-order valence-corrected chi connectivity index (χ3v) is 6.33. The molecule has 8 heteroatoms. The van der Waals surface area contributed by atoms with Gasteiger partial charge >= 0.3 is 0 Å². The Morgan fingerprint density at radius 1 is 1.09 bits per heavy atom. The summed E-state index contributed by atoms with van der Waals surface area (Å²) in [5.41, 5.74) is 1.72. The molecule has 33 heavy (non-hydrogen) atoms. The topological polar surface area (TPSA) is 99.2 Å². The monoisotopic (exact) mass is 450 g/mol. The van der Waals surface area contributed by atoms with Gasteiger partial charge < -0.3 is 20.9 Å². The fourth-order valence-electron chi connectivity index (χ4n) is 4.48. The third kappa shape index (κ3) is 6.66. The zero-order valence-electron chi connectivity index (χ0n) is 19.2. The molecule has 1 aliphatic heterocycles. The largest absolute Gasteiger partial charge is 0.367 e. The molecule has 4 rings (SSSR count). The van der Waals surface area contributed by atoms with E-state index in [1.165, 1.54) is 18.4 Å². The van der Waals surface area contributed by atoms with Crippen LogP contribution in [0.2, 0.25) is 0 Å². The molecule has 2 amide bonds. The van der Waals surface area contributed by atoms with Gasteiger partial charge in [0.15, 0.2) is 0 Å². The van der Waals surface area contributed by atoms with E-state index < -0.39 is 0 Å². The van der Waals surface area contributed by atoms with E-state index in [4.69, 9.17) is 0 Å². The van der Waals surface area contributed by atoms with Crippen LogP contribution in [-0.4, -0.2) is 58.9 Å². The molecule has 1 saturated carbocycles. The molecule has 2 aromatic rings. The quantitative estimate of drug-likeness (QED) is 0.455. The van der Waals surface area contributed by atoms with E-state index in [-0.39, 0.29) is 11.8 Å². The summed E-state index contributed by atoms with van der Waals surface area (Å²) in [4.78, 5) is 35.5. The van der Waals surface area contributed by atoms with Crippen LogP contribution in [0.25, 0.3) is 0 Å². The van der Waals surface area contributed by atoms with E-state index in [9.17, 15) is 9.59 Å². The number of carbonyl (C=O) groups excluding carboxylic acids is 2. The summed E-state index contributed by atoms with van der Waals surface area (Å²) in [5.74, 6) is 1.15. The average Bonchev–Trinajstić information content (AvgIpc) is 3.49. The van der Waals surface area contributed by atoms with Gasteiger partial charge in [-0.2, -0.15) is 4.98 Å². The van der Waals surface area contributed by atoms with Gasteiger partial charge in [-0.05, 0) is 37.7 Å². The highest BCUT2D eigenvalue weighted by Gasteiger charge is 2.21. The number of anilines is 2. The first-order valence-corrected chi connectivity index (χ1v) is 12.2. The highest BCUT2D eigenvalue weighted by atomic mass is 16.2. The molecular weight excluding hydrogens is 416 g/mol. The summed E-state index contributed by atoms with van der Waals surface area (Å²) >= 11 is 0. The molecule has 2 aliphatic rings. The standard InChI is InChI=1S/C25H34N6O2/c32-22-12-6-16-31(22)17-7-14-26-24(33)21-18-28-25(27-15-13-19-8-2-1-3-9-19)30-23(21)29-20-10-4-5-11-20/h1-3,8-9,18,20H,4-7,10-17H2,(H,26,33)(H2,27,28,29,30). The van der Waals surface area contributed by atoms with Crippen molar-refractivity contribution in [2.75, 3.05) is 36.8 Å². The van der Waals surface area contributed by atoms with Crippen molar-refractivity contribution in [1.29, 1.82) is 0 Å². The van der Waals surface area contributed by atoms with E-state index in [0.717, 1.165) is 38.6 Å².